The van der Waals surface area contributed by atoms with Crippen LogP contribution < -0.4 is 9.47 Å². The first-order chi connectivity index (χ1) is 11.2. The van der Waals surface area contributed by atoms with Crippen LogP contribution in [0.1, 0.15) is 5.56 Å². The highest BCUT2D eigenvalue weighted by molar-refractivity contribution is 5.69. The van der Waals surface area contributed by atoms with Gasteiger partial charge in [0.05, 0.1) is 19.9 Å². The van der Waals surface area contributed by atoms with Crippen molar-refractivity contribution < 1.29 is 9.47 Å². The van der Waals surface area contributed by atoms with Gasteiger partial charge in [-0.3, -0.25) is 4.98 Å². The number of hydrogen-bond acceptors (Lipinski definition) is 3. The maximum atomic E-state index is 5.36. The van der Waals surface area contributed by atoms with Crippen molar-refractivity contribution in [3.63, 3.8) is 0 Å². The Morgan fingerprint density at radius 1 is 0.696 bits per heavy atom. The molecular weight excluding hydrogens is 286 g/mol. The summed E-state index contributed by atoms with van der Waals surface area (Å²) in [5.74, 6) is 1.44. The quantitative estimate of drug-likeness (QED) is 0.697. The van der Waals surface area contributed by atoms with Crippen LogP contribution >= 0.6 is 0 Å². The summed E-state index contributed by atoms with van der Waals surface area (Å²) in [6, 6.07) is 18.4. The Labute approximate surface area is 136 Å². The Morgan fingerprint density at radius 2 is 1.35 bits per heavy atom. The van der Waals surface area contributed by atoms with Crippen molar-refractivity contribution in [3.05, 3.63) is 66.4 Å². The predicted molar refractivity (Wildman–Crippen MR) is 93.0 cm³/mol. The van der Waals surface area contributed by atoms with Gasteiger partial charge in [0.1, 0.15) is 0 Å². The number of nitrogens with zero attached hydrogens (tertiary/aromatic N) is 1. The van der Waals surface area contributed by atoms with Gasteiger partial charge in [-0.25, -0.2) is 0 Å². The Balaban J connectivity index is 1.91. The van der Waals surface area contributed by atoms with Crippen LogP contribution in [-0.4, -0.2) is 19.2 Å². The second-order valence-electron chi connectivity index (χ2n) is 5.37. The molecular formula is C20H19NO2. The smallest absolute Gasteiger partial charge is 0.161 e. The summed E-state index contributed by atoms with van der Waals surface area (Å²) in [6.45, 7) is 2.08. The molecule has 0 atom stereocenters. The van der Waals surface area contributed by atoms with E-state index in [9.17, 15) is 0 Å². The highest BCUT2D eigenvalue weighted by atomic mass is 16.5. The highest BCUT2D eigenvalue weighted by Crippen LogP contribution is 2.32. The van der Waals surface area contributed by atoms with Gasteiger partial charge < -0.3 is 9.47 Å². The van der Waals surface area contributed by atoms with Crippen LogP contribution in [0, 0.1) is 6.92 Å². The van der Waals surface area contributed by atoms with Crippen molar-refractivity contribution in [2.75, 3.05) is 14.2 Å². The van der Waals surface area contributed by atoms with Crippen molar-refractivity contribution in [2.24, 2.45) is 0 Å². The molecule has 0 spiro atoms. The highest BCUT2D eigenvalue weighted by Gasteiger charge is 2.07. The zero-order chi connectivity index (χ0) is 16.2. The van der Waals surface area contributed by atoms with Crippen LogP contribution in [-0.2, 0) is 0 Å². The van der Waals surface area contributed by atoms with Gasteiger partial charge in [-0.2, -0.15) is 0 Å². The van der Waals surface area contributed by atoms with E-state index in [2.05, 4.69) is 42.2 Å². The van der Waals surface area contributed by atoms with Crippen LogP contribution in [0.25, 0.3) is 22.4 Å². The number of pyridine rings is 1. The number of aryl methyl sites for hydroxylation is 1. The molecule has 3 nitrogen and oxygen atoms in total. The van der Waals surface area contributed by atoms with Gasteiger partial charge in [-0.15, -0.1) is 0 Å². The van der Waals surface area contributed by atoms with E-state index in [1.807, 2.05) is 30.5 Å². The van der Waals surface area contributed by atoms with E-state index in [0.717, 1.165) is 28.1 Å². The topological polar surface area (TPSA) is 31.4 Å². The molecule has 0 fully saturated rings. The van der Waals surface area contributed by atoms with Crippen LogP contribution in [0.3, 0.4) is 0 Å². The molecule has 0 unspecified atom stereocenters. The first-order valence-electron chi connectivity index (χ1n) is 7.47. The minimum absolute atomic E-state index is 0.715. The van der Waals surface area contributed by atoms with Crippen molar-refractivity contribution in [1.29, 1.82) is 0 Å². The normalized spacial score (nSPS) is 10.4. The summed E-state index contributed by atoms with van der Waals surface area (Å²) >= 11 is 0. The fourth-order valence-electron chi connectivity index (χ4n) is 2.48. The van der Waals surface area contributed by atoms with Crippen LogP contribution in [0.4, 0.5) is 0 Å². The molecule has 0 aliphatic heterocycles. The van der Waals surface area contributed by atoms with Gasteiger partial charge in [0.2, 0.25) is 0 Å². The SMILES string of the molecule is COc1ccc(-c2ccc(-c3ccc(C)cc3)nc2)cc1OC. The summed E-state index contributed by atoms with van der Waals surface area (Å²) in [5, 5.41) is 0. The molecule has 0 aliphatic carbocycles. The van der Waals surface area contributed by atoms with Gasteiger partial charge in [-0.05, 0) is 30.7 Å². The summed E-state index contributed by atoms with van der Waals surface area (Å²) in [6.07, 6.45) is 1.89. The van der Waals surface area contributed by atoms with E-state index in [1.165, 1.54) is 5.56 Å². The zero-order valence-corrected chi connectivity index (χ0v) is 13.5. The van der Waals surface area contributed by atoms with E-state index in [4.69, 9.17) is 9.47 Å². The molecule has 0 aliphatic rings. The molecule has 3 heteroatoms. The fourth-order valence-corrected chi connectivity index (χ4v) is 2.48. The van der Waals surface area contributed by atoms with Gasteiger partial charge in [0.25, 0.3) is 0 Å². The lowest BCUT2D eigenvalue weighted by Gasteiger charge is -2.10. The second kappa shape index (κ2) is 6.53. The minimum Gasteiger partial charge on any atom is -0.493 e. The predicted octanol–water partition coefficient (Wildman–Crippen LogP) is 4.74. The maximum absolute atomic E-state index is 5.36. The Hall–Kier alpha value is -2.81. The van der Waals surface area contributed by atoms with Crippen LogP contribution in [0.15, 0.2) is 60.8 Å². The third-order valence-electron chi connectivity index (χ3n) is 3.83. The molecule has 0 saturated carbocycles. The summed E-state index contributed by atoms with van der Waals surface area (Å²) in [7, 11) is 3.27. The molecule has 0 amide bonds. The van der Waals surface area contributed by atoms with Crippen molar-refractivity contribution in [2.45, 2.75) is 6.92 Å². The molecule has 116 valence electrons. The van der Waals surface area contributed by atoms with E-state index in [0.29, 0.717) is 5.75 Å². The molecule has 0 radical (unpaired) electrons. The van der Waals surface area contributed by atoms with Crippen molar-refractivity contribution in [1.82, 2.24) is 4.98 Å². The average Bonchev–Trinajstić information content (AvgIpc) is 2.62. The Kier molecular flexibility index (Phi) is 4.29. The van der Waals surface area contributed by atoms with E-state index >= 15 is 0 Å². The number of hydrogen-bond donors (Lipinski definition) is 0. The van der Waals surface area contributed by atoms with Crippen molar-refractivity contribution in [3.8, 4) is 33.9 Å². The first-order valence-corrected chi connectivity index (χ1v) is 7.47. The lowest BCUT2D eigenvalue weighted by Crippen LogP contribution is -1.91. The molecule has 3 aromatic rings. The van der Waals surface area contributed by atoms with Gasteiger partial charge in [-0.1, -0.05) is 42.0 Å². The lowest BCUT2D eigenvalue weighted by molar-refractivity contribution is 0.355. The van der Waals surface area contributed by atoms with E-state index in [-0.39, 0.29) is 0 Å². The largest absolute Gasteiger partial charge is 0.493 e. The van der Waals surface area contributed by atoms with Crippen LogP contribution in [0.2, 0.25) is 0 Å². The zero-order valence-electron chi connectivity index (χ0n) is 13.5. The lowest BCUT2D eigenvalue weighted by atomic mass is 10.0. The number of ether oxygens (including phenoxy) is 2. The van der Waals surface area contributed by atoms with Gasteiger partial charge >= 0.3 is 0 Å². The summed E-state index contributed by atoms with van der Waals surface area (Å²) in [5.41, 5.74) is 5.42. The number of rotatable bonds is 4. The molecule has 1 aromatic heterocycles. The molecule has 2 aromatic carbocycles. The number of aromatic nitrogens is 1. The Morgan fingerprint density at radius 3 is 1.96 bits per heavy atom. The third-order valence-corrected chi connectivity index (χ3v) is 3.83. The molecule has 1 heterocycles. The van der Waals surface area contributed by atoms with Crippen LogP contribution in [0.5, 0.6) is 11.5 Å². The molecule has 0 bridgehead atoms. The van der Waals surface area contributed by atoms with E-state index < -0.39 is 0 Å². The first kappa shape index (κ1) is 15.1. The fraction of sp³-hybridized carbons (Fsp3) is 0.150. The minimum atomic E-state index is 0.715. The molecule has 23 heavy (non-hydrogen) atoms. The number of methoxy groups -OCH3 is 2. The summed E-state index contributed by atoms with van der Waals surface area (Å²) < 4.78 is 10.6. The number of benzene rings is 2. The third kappa shape index (κ3) is 3.19. The maximum Gasteiger partial charge on any atom is 0.161 e. The van der Waals surface area contributed by atoms with Gasteiger partial charge in [0.15, 0.2) is 11.5 Å². The van der Waals surface area contributed by atoms with E-state index in [1.54, 1.807) is 14.2 Å². The van der Waals surface area contributed by atoms with Gasteiger partial charge in [0, 0.05) is 17.3 Å². The summed E-state index contributed by atoms with van der Waals surface area (Å²) in [4.78, 5) is 4.58. The monoisotopic (exact) mass is 305 g/mol. The molecule has 3 rings (SSSR count). The Bertz CT molecular complexity index is 793. The van der Waals surface area contributed by atoms with Crippen molar-refractivity contribution >= 4 is 0 Å². The molecule has 0 N–H and O–H groups in total. The standard InChI is InChI=1S/C20H19NO2/c1-14-4-6-15(7-5-14)18-10-8-17(13-21-18)16-9-11-19(22-2)20(12-16)23-3/h4-13H,1-3H3. The average molecular weight is 305 g/mol. The molecule has 0 saturated heterocycles. The second-order valence-corrected chi connectivity index (χ2v) is 5.37.